The molecule has 0 bridgehead atoms. The molecule has 1 fully saturated rings. The van der Waals surface area contributed by atoms with Gasteiger partial charge in [-0.3, -0.25) is 4.79 Å². The maximum atomic E-state index is 11.6. The fourth-order valence-electron chi connectivity index (χ4n) is 2.50. The maximum Gasteiger partial charge on any atom is 0.220 e. The van der Waals surface area contributed by atoms with Crippen LogP contribution >= 0.6 is 0 Å². The van der Waals surface area contributed by atoms with Crippen LogP contribution in [0.25, 0.3) is 0 Å². The second-order valence-corrected chi connectivity index (χ2v) is 5.45. The van der Waals surface area contributed by atoms with Crippen LogP contribution in [0.3, 0.4) is 0 Å². The summed E-state index contributed by atoms with van der Waals surface area (Å²) in [4.78, 5) is 11.6. The van der Waals surface area contributed by atoms with Crippen LogP contribution in [0.4, 0.5) is 0 Å². The Kier molecular flexibility index (Phi) is 8.01. The van der Waals surface area contributed by atoms with Gasteiger partial charge in [-0.2, -0.15) is 0 Å². The van der Waals surface area contributed by atoms with Gasteiger partial charge in [-0.1, -0.05) is 32.1 Å². The molecule has 4 nitrogen and oxygen atoms in total. The zero-order chi connectivity index (χ0) is 13.2. The normalized spacial score (nSPS) is 18.6. The summed E-state index contributed by atoms with van der Waals surface area (Å²) in [6.07, 6.45) is 8.07. The molecule has 0 radical (unpaired) electrons. The number of carbonyl (C=O) groups excluding carboxylic acids is 1. The Bertz CT molecular complexity index is 226. The molecule has 18 heavy (non-hydrogen) atoms. The van der Waals surface area contributed by atoms with Gasteiger partial charge in [0.25, 0.3) is 0 Å². The lowest BCUT2D eigenvalue weighted by atomic mass is 9.86. The first kappa shape index (κ1) is 15.4. The van der Waals surface area contributed by atoms with E-state index in [1.54, 1.807) is 6.92 Å². The molecule has 0 heterocycles. The van der Waals surface area contributed by atoms with Gasteiger partial charge in [0.05, 0.1) is 6.10 Å². The number of hydrogen-bond acceptors (Lipinski definition) is 3. The highest BCUT2D eigenvalue weighted by Gasteiger charge is 2.14. The smallest absolute Gasteiger partial charge is 0.220 e. The number of aliphatic hydroxyl groups excluding tert-OH is 1. The molecular weight excluding hydrogens is 228 g/mol. The lowest BCUT2D eigenvalue weighted by Gasteiger charge is -2.21. The number of carbonyl (C=O) groups is 1. The molecule has 4 heteroatoms. The summed E-state index contributed by atoms with van der Waals surface area (Å²) in [6, 6.07) is 0. The first-order valence-electron chi connectivity index (χ1n) is 7.34. The molecule has 0 aromatic rings. The van der Waals surface area contributed by atoms with Crippen LogP contribution in [0, 0.1) is 5.92 Å². The SMILES string of the molecule is CC(O)CNCCNC(=O)CCC1CCCCC1. The molecule has 0 spiro atoms. The molecule has 106 valence electrons. The van der Waals surface area contributed by atoms with Crippen LogP contribution in [-0.2, 0) is 4.79 Å². The van der Waals surface area contributed by atoms with Crippen molar-refractivity contribution in [3.63, 3.8) is 0 Å². The van der Waals surface area contributed by atoms with Crippen LogP contribution in [0.2, 0.25) is 0 Å². The zero-order valence-electron chi connectivity index (χ0n) is 11.6. The molecule has 1 aliphatic carbocycles. The third-order valence-corrected chi connectivity index (χ3v) is 3.57. The van der Waals surface area contributed by atoms with Crippen molar-refractivity contribution in [2.45, 2.75) is 58.0 Å². The van der Waals surface area contributed by atoms with Crippen molar-refractivity contribution < 1.29 is 9.90 Å². The number of rotatable bonds is 8. The van der Waals surface area contributed by atoms with Crippen LogP contribution in [0.1, 0.15) is 51.9 Å². The number of amides is 1. The molecule has 1 atom stereocenters. The van der Waals surface area contributed by atoms with Gasteiger partial charge in [0.2, 0.25) is 5.91 Å². The molecule has 1 rings (SSSR count). The van der Waals surface area contributed by atoms with Crippen molar-refractivity contribution in [1.29, 1.82) is 0 Å². The first-order valence-corrected chi connectivity index (χ1v) is 7.34. The Morgan fingerprint density at radius 3 is 2.67 bits per heavy atom. The third kappa shape index (κ3) is 7.67. The van der Waals surface area contributed by atoms with E-state index in [9.17, 15) is 4.79 Å². The summed E-state index contributed by atoms with van der Waals surface area (Å²) in [7, 11) is 0. The van der Waals surface area contributed by atoms with E-state index in [1.165, 1.54) is 32.1 Å². The minimum absolute atomic E-state index is 0.166. The number of aliphatic hydroxyl groups is 1. The minimum Gasteiger partial charge on any atom is -0.392 e. The van der Waals surface area contributed by atoms with Crippen molar-refractivity contribution in [2.75, 3.05) is 19.6 Å². The van der Waals surface area contributed by atoms with Crippen LogP contribution in [0.5, 0.6) is 0 Å². The van der Waals surface area contributed by atoms with Crippen LogP contribution < -0.4 is 10.6 Å². The van der Waals surface area contributed by atoms with Gasteiger partial charge in [0, 0.05) is 26.1 Å². The quantitative estimate of drug-likeness (QED) is 0.576. The lowest BCUT2D eigenvalue weighted by molar-refractivity contribution is -0.121. The monoisotopic (exact) mass is 256 g/mol. The molecule has 1 aliphatic rings. The molecule has 1 unspecified atom stereocenters. The summed E-state index contributed by atoms with van der Waals surface area (Å²) >= 11 is 0. The molecule has 0 aromatic carbocycles. The van der Waals surface area contributed by atoms with E-state index in [-0.39, 0.29) is 12.0 Å². The predicted molar refractivity (Wildman–Crippen MR) is 73.4 cm³/mol. The van der Waals surface area contributed by atoms with E-state index in [4.69, 9.17) is 5.11 Å². The van der Waals surface area contributed by atoms with Crippen LogP contribution in [-0.4, -0.2) is 36.8 Å². The summed E-state index contributed by atoms with van der Waals surface area (Å²) in [5.74, 6) is 0.942. The van der Waals surface area contributed by atoms with Crippen molar-refractivity contribution in [3.05, 3.63) is 0 Å². The molecular formula is C14H28N2O2. The summed E-state index contributed by atoms with van der Waals surface area (Å²) in [6.45, 7) is 3.70. The Balaban J connectivity index is 1.93. The van der Waals surface area contributed by atoms with Gasteiger partial charge in [0.15, 0.2) is 0 Å². The maximum absolute atomic E-state index is 11.6. The van der Waals surface area contributed by atoms with Gasteiger partial charge >= 0.3 is 0 Å². The van der Waals surface area contributed by atoms with E-state index in [2.05, 4.69) is 10.6 Å². The van der Waals surface area contributed by atoms with Crippen LogP contribution in [0.15, 0.2) is 0 Å². The Hall–Kier alpha value is -0.610. The molecule has 3 N–H and O–H groups in total. The van der Waals surface area contributed by atoms with Crippen molar-refractivity contribution in [3.8, 4) is 0 Å². The van der Waals surface area contributed by atoms with Crippen molar-refractivity contribution in [1.82, 2.24) is 10.6 Å². The topological polar surface area (TPSA) is 61.4 Å². The number of hydrogen-bond donors (Lipinski definition) is 3. The van der Waals surface area contributed by atoms with Gasteiger partial charge < -0.3 is 15.7 Å². The fourth-order valence-corrected chi connectivity index (χ4v) is 2.50. The Morgan fingerprint density at radius 1 is 1.28 bits per heavy atom. The average molecular weight is 256 g/mol. The number of nitrogens with one attached hydrogen (secondary N) is 2. The fraction of sp³-hybridized carbons (Fsp3) is 0.929. The third-order valence-electron chi connectivity index (χ3n) is 3.57. The first-order chi connectivity index (χ1) is 8.68. The molecule has 0 saturated heterocycles. The van der Waals surface area contributed by atoms with E-state index in [0.29, 0.717) is 19.5 Å². The van der Waals surface area contributed by atoms with E-state index < -0.39 is 0 Å². The van der Waals surface area contributed by atoms with Gasteiger partial charge in [0.1, 0.15) is 0 Å². The molecule has 0 aromatic heterocycles. The summed E-state index contributed by atoms with van der Waals surface area (Å²) in [5, 5.41) is 15.0. The zero-order valence-corrected chi connectivity index (χ0v) is 11.6. The highest BCUT2D eigenvalue weighted by molar-refractivity contribution is 5.75. The molecule has 0 aliphatic heterocycles. The second-order valence-electron chi connectivity index (χ2n) is 5.45. The highest BCUT2D eigenvalue weighted by atomic mass is 16.3. The minimum atomic E-state index is -0.327. The van der Waals surface area contributed by atoms with Gasteiger partial charge in [-0.25, -0.2) is 0 Å². The summed E-state index contributed by atoms with van der Waals surface area (Å²) in [5.41, 5.74) is 0. The molecule has 1 amide bonds. The van der Waals surface area contributed by atoms with E-state index in [1.807, 2.05) is 0 Å². The van der Waals surface area contributed by atoms with E-state index >= 15 is 0 Å². The molecule has 1 saturated carbocycles. The predicted octanol–water partition coefficient (Wildman–Crippen LogP) is 1.43. The van der Waals surface area contributed by atoms with Gasteiger partial charge in [-0.15, -0.1) is 0 Å². The summed E-state index contributed by atoms with van der Waals surface area (Å²) < 4.78 is 0. The second kappa shape index (κ2) is 9.34. The van der Waals surface area contributed by atoms with Crippen molar-refractivity contribution in [2.24, 2.45) is 5.92 Å². The van der Waals surface area contributed by atoms with Gasteiger partial charge in [-0.05, 0) is 19.3 Å². The largest absolute Gasteiger partial charge is 0.392 e. The standard InChI is InChI=1S/C14H28N2O2/c1-12(17)11-15-9-10-16-14(18)8-7-13-5-3-2-4-6-13/h12-13,15,17H,2-11H2,1H3,(H,16,18). The van der Waals surface area contributed by atoms with Crippen molar-refractivity contribution >= 4 is 5.91 Å². The lowest BCUT2D eigenvalue weighted by Crippen LogP contribution is -2.34. The average Bonchev–Trinajstić information content (AvgIpc) is 2.37. The van der Waals surface area contributed by atoms with E-state index in [0.717, 1.165) is 18.9 Å². The highest BCUT2D eigenvalue weighted by Crippen LogP contribution is 2.26. The Morgan fingerprint density at radius 2 is 2.00 bits per heavy atom. The Labute approximate surface area is 111 Å².